The summed E-state index contributed by atoms with van der Waals surface area (Å²) >= 11 is 0. The van der Waals surface area contributed by atoms with Crippen LogP contribution in [0.2, 0.25) is 0 Å². The van der Waals surface area contributed by atoms with Crippen LogP contribution in [0.4, 0.5) is 0 Å². The van der Waals surface area contributed by atoms with Crippen LogP contribution in [0.1, 0.15) is 20.3 Å². The smallest absolute Gasteiger partial charge is 0.0497 e. The standard InChI is InChI=1S/C8H14N2/c1-4-5-8(9)6-10-7(2)3/h5-6H,2,4,9H2,1,3H3/b8-5+,10-6?. The Balaban J connectivity index is 3.89. The molecule has 0 fully saturated rings. The van der Waals surface area contributed by atoms with Crippen molar-refractivity contribution in [2.24, 2.45) is 10.7 Å². The molecule has 0 atom stereocenters. The molecule has 0 aromatic rings. The Morgan fingerprint density at radius 2 is 2.30 bits per heavy atom. The van der Waals surface area contributed by atoms with E-state index < -0.39 is 0 Å². The highest BCUT2D eigenvalue weighted by atomic mass is 14.7. The van der Waals surface area contributed by atoms with Crippen LogP contribution in [-0.2, 0) is 0 Å². The Hall–Kier alpha value is -1.05. The van der Waals surface area contributed by atoms with Crippen molar-refractivity contribution < 1.29 is 0 Å². The van der Waals surface area contributed by atoms with Crippen LogP contribution in [0.25, 0.3) is 0 Å². The van der Waals surface area contributed by atoms with E-state index in [0.29, 0.717) is 5.70 Å². The second kappa shape index (κ2) is 4.79. The zero-order valence-electron chi connectivity index (χ0n) is 6.59. The van der Waals surface area contributed by atoms with Crippen molar-refractivity contribution in [3.8, 4) is 0 Å². The van der Waals surface area contributed by atoms with Crippen molar-refractivity contribution in [2.45, 2.75) is 20.3 Å². The van der Waals surface area contributed by atoms with Gasteiger partial charge in [0, 0.05) is 17.6 Å². The van der Waals surface area contributed by atoms with Gasteiger partial charge < -0.3 is 5.73 Å². The topological polar surface area (TPSA) is 38.4 Å². The number of hydrogen-bond donors (Lipinski definition) is 1. The third-order valence-corrected chi connectivity index (χ3v) is 0.874. The Morgan fingerprint density at radius 3 is 2.70 bits per heavy atom. The molecule has 0 bridgehead atoms. The van der Waals surface area contributed by atoms with Crippen molar-refractivity contribution in [1.82, 2.24) is 0 Å². The van der Waals surface area contributed by atoms with Crippen molar-refractivity contribution in [3.63, 3.8) is 0 Å². The van der Waals surface area contributed by atoms with Crippen LogP contribution in [-0.4, -0.2) is 6.21 Å². The first-order valence-corrected chi connectivity index (χ1v) is 3.32. The summed E-state index contributed by atoms with van der Waals surface area (Å²) in [7, 11) is 0. The maximum atomic E-state index is 5.50. The van der Waals surface area contributed by atoms with Gasteiger partial charge in [-0.15, -0.1) is 0 Å². The van der Waals surface area contributed by atoms with Gasteiger partial charge in [-0.3, -0.25) is 4.99 Å². The van der Waals surface area contributed by atoms with Crippen LogP contribution in [0.15, 0.2) is 29.0 Å². The molecule has 0 spiro atoms. The first-order valence-electron chi connectivity index (χ1n) is 3.32. The minimum absolute atomic E-state index is 0.700. The Kier molecular flexibility index (Phi) is 4.29. The SMILES string of the molecule is C=C(C)N=C/C(N)=C\CC. The van der Waals surface area contributed by atoms with Gasteiger partial charge >= 0.3 is 0 Å². The lowest BCUT2D eigenvalue weighted by molar-refractivity contribution is 1.19. The van der Waals surface area contributed by atoms with Gasteiger partial charge in [0.05, 0.1) is 0 Å². The monoisotopic (exact) mass is 138 g/mol. The van der Waals surface area contributed by atoms with Gasteiger partial charge in [0.25, 0.3) is 0 Å². The highest BCUT2D eigenvalue weighted by Gasteiger charge is 1.79. The second-order valence-electron chi connectivity index (χ2n) is 2.11. The molecule has 0 unspecified atom stereocenters. The van der Waals surface area contributed by atoms with E-state index in [4.69, 9.17) is 5.73 Å². The summed E-state index contributed by atoms with van der Waals surface area (Å²) < 4.78 is 0. The van der Waals surface area contributed by atoms with E-state index in [1.165, 1.54) is 0 Å². The minimum atomic E-state index is 0.700. The van der Waals surface area contributed by atoms with E-state index in [1.807, 2.05) is 19.9 Å². The molecule has 0 aromatic carbocycles. The molecule has 0 aromatic heterocycles. The van der Waals surface area contributed by atoms with E-state index in [2.05, 4.69) is 11.6 Å². The molecule has 56 valence electrons. The van der Waals surface area contributed by atoms with Gasteiger partial charge in [-0.05, 0) is 13.3 Å². The summed E-state index contributed by atoms with van der Waals surface area (Å²) in [5.41, 5.74) is 6.97. The van der Waals surface area contributed by atoms with Gasteiger partial charge in [0.2, 0.25) is 0 Å². The summed E-state index contributed by atoms with van der Waals surface area (Å²) in [6.45, 7) is 7.46. The zero-order chi connectivity index (χ0) is 7.98. The molecule has 0 saturated carbocycles. The summed E-state index contributed by atoms with van der Waals surface area (Å²) in [6, 6.07) is 0. The first kappa shape index (κ1) is 8.95. The van der Waals surface area contributed by atoms with E-state index in [0.717, 1.165) is 12.1 Å². The molecular formula is C8H14N2. The largest absolute Gasteiger partial charge is 0.398 e. The number of allylic oxidation sites excluding steroid dienone is 3. The fourth-order valence-electron chi connectivity index (χ4n) is 0.473. The molecule has 2 heteroatoms. The average molecular weight is 138 g/mol. The summed E-state index contributed by atoms with van der Waals surface area (Å²) in [4.78, 5) is 3.93. The molecule has 0 radical (unpaired) electrons. The van der Waals surface area contributed by atoms with Gasteiger partial charge in [-0.25, -0.2) is 0 Å². The molecule has 0 rings (SSSR count). The van der Waals surface area contributed by atoms with Gasteiger partial charge in [0.15, 0.2) is 0 Å². The number of aliphatic imine (C=N–C) groups is 1. The predicted octanol–water partition coefficient (Wildman–Crippen LogP) is 1.84. The second-order valence-corrected chi connectivity index (χ2v) is 2.11. The van der Waals surface area contributed by atoms with Gasteiger partial charge in [-0.1, -0.05) is 19.6 Å². The maximum absolute atomic E-state index is 5.50. The fourth-order valence-corrected chi connectivity index (χ4v) is 0.473. The van der Waals surface area contributed by atoms with E-state index in [9.17, 15) is 0 Å². The first-order chi connectivity index (χ1) is 4.66. The van der Waals surface area contributed by atoms with E-state index in [1.54, 1.807) is 6.21 Å². The molecule has 0 aliphatic heterocycles. The highest BCUT2D eigenvalue weighted by Crippen LogP contribution is 1.89. The fraction of sp³-hybridized carbons (Fsp3) is 0.375. The van der Waals surface area contributed by atoms with Crippen LogP contribution in [0.3, 0.4) is 0 Å². The average Bonchev–Trinajstić information content (AvgIpc) is 1.85. The van der Waals surface area contributed by atoms with Crippen molar-refractivity contribution in [2.75, 3.05) is 0 Å². The number of hydrogen-bond acceptors (Lipinski definition) is 2. The molecule has 0 aliphatic rings. The zero-order valence-corrected chi connectivity index (χ0v) is 6.59. The molecule has 0 aliphatic carbocycles. The van der Waals surface area contributed by atoms with Crippen LogP contribution in [0.5, 0.6) is 0 Å². The molecule has 0 saturated heterocycles. The quantitative estimate of drug-likeness (QED) is 0.594. The molecule has 2 N–H and O–H groups in total. The van der Waals surface area contributed by atoms with Crippen molar-refractivity contribution >= 4 is 6.21 Å². The summed E-state index contributed by atoms with van der Waals surface area (Å²) in [6.07, 6.45) is 4.46. The lowest BCUT2D eigenvalue weighted by atomic mass is 10.4. The number of nitrogens with zero attached hydrogens (tertiary/aromatic N) is 1. The third kappa shape index (κ3) is 5.09. The lowest BCUT2D eigenvalue weighted by Gasteiger charge is -1.89. The van der Waals surface area contributed by atoms with Crippen molar-refractivity contribution in [1.29, 1.82) is 0 Å². The lowest BCUT2D eigenvalue weighted by Crippen LogP contribution is -1.97. The Morgan fingerprint density at radius 1 is 1.70 bits per heavy atom. The molecule has 10 heavy (non-hydrogen) atoms. The summed E-state index contributed by atoms with van der Waals surface area (Å²) in [5, 5.41) is 0. The van der Waals surface area contributed by atoms with Crippen LogP contribution < -0.4 is 5.73 Å². The van der Waals surface area contributed by atoms with Crippen LogP contribution >= 0.6 is 0 Å². The van der Waals surface area contributed by atoms with E-state index in [-0.39, 0.29) is 0 Å². The Bertz CT molecular complexity index is 166. The van der Waals surface area contributed by atoms with Gasteiger partial charge in [0.1, 0.15) is 0 Å². The highest BCUT2D eigenvalue weighted by molar-refractivity contribution is 5.77. The number of nitrogens with two attached hydrogens (primary N) is 1. The number of rotatable bonds is 3. The van der Waals surface area contributed by atoms with Crippen molar-refractivity contribution in [3.05, 3.63) is 24.0 Å². The minimum Gasteiger partial charge on any atom is -0.398 e. The Labute approximate surface area is 62.1 Å². The molecule has 0 amide bonds. The van der Waals surface area contributed by atoms with E-state index >= 15 is 0 Å². The molecule has 2 nitrogen and oxygen atoms in total. The van der Waals surface area contributed by atoms with Gasteiger partial charge in [-0.2, -0.15) is 0 Å². The normalized spacial score (nSPS) is 12.4. The van der Waals surface area contributed by atoms with Crippen LogP contribution in [0, 0.1) is 0 Å². The predicted molar refractivity (Wildman–Crippen MR) is 45.9 cm³/mol. The maximum Gasteiger partial charge on any atom is 0.0497 e. The molecule has 0 heterocycles. The molecular weight excluding hydrogens is 124 g/mol. The summed E-state index contributed by atoms with van der Waals surface area (Å²) in [5.74, 6) is 0. The third-order valence-electron chi connectivity index (χ3n) is 0.874.